The molecule has 0 aliphatic carbocycles. The Kier molecular flexibility index (Phi) is 4.61. The van der Waals surface area contributed by atoms with Crippen LogP contribution in [0.3, 0.4) is 0 Å². The minimum Gasteiger partial charge on any atom is -0.325 e. The fourth-order valence-electron chi connectivity index (χ4n) is 2.02. The normalized spacial score (nSPS) is 19.4. The van der Waals surface area contributed by atoms with E-state index in [4.69, 9.17) is 5.26 Å². The highest BCUT2D eigenvalue weighted by Crippen LogP contribution is 2.13. The highest BCUT2D eigenvalue weighted by atomic mass is 19.2. The number of rotatable bonds is 3. The number of nitrogens with zero attached hydrogens (tertiary/aromatic N) is 2. The van der Waals surface area contributed by atoms with Gasteiger partial charge >= 0.3 is 0 Å². The van der Waals surface area contributed by atoms with Crippen LogP contribution in [0.15, 0.2) is 18.2 Å². The average Bonchev–Trinajstić information content (AvgIpc) is 2.43. The second-order valence-electron chi connectivity index (χ2n) is 4.50. The molecule has 1 saturated heterocycles. The molecule has 1 unspecified atom stereocenters. The van der Waals surface area contributed by atoms with Crippen LogP contribution in [0.1, 0.15) is 0 Å². The van der Waals surface area contributed by atoms with Gasteiger partial charge in [0.05, 0.1) is 12.6 Å². The summed E-state index contributed by atoms with van der Waals surface area (Å²) in [6.07, 6.45) is 0. The number of hydrogen-bond donors (Lipinski definition) is 2. The number of carbonyl (C=O) groups is 1. The fraction of sp³-hybridized carbons (Fsp3) is 0.385. The zero-order valence-corrected chi connectivity index (χ0v) is 10.7. The molecule has 106 valence electrons. The fourth-order valence-corrected chi connectivity index (χ4v) is 2.02. The van der Waals surface area contributed by atoms with Crippen LogP contribution in [0.5, 0.6) is 0 Å². The van der Waals surface area contributed by atoms with Gasteiger partial charge in [-0.25, -0.2) is 8.78 Å². The molecule has 1 fully saturated rings. The summed E-state index contributed by atoms with van der Waals surface area (Å²) < 4.78 is 25.8. The first-order chi connectivity index (χ1) is 9.60. The molecule has 1 atom stereocenters. The van der Waals surface area contributed by atoms with Crippen molar-refractivity contribution >= 4 is 11.6 Å². The first-order valence-electron chi connectivity index (χ1n) is 6.19. The van der Waals surface area contributed by atoms with E-state index >= 15 is 0 Å². The third-order valence-electron chi connectivity index (χ3n) is 3.05. The lowest BCUT2D eigenvalue weighted by Crippen LogP contribution is -2.52. The predicted molar refractivity (Wildman–Crippen MR) is 68.8 cm³/mol. The van der Waals surface area contributed by atoms with Crippen molar-refractivity contribution in [2.75, 3.05) is 31.5 Å². The Labute approximate surface area is 115 Å². The molecule has 0 saturated carbocycles. The van der Waals surface area contributed by atoms with E-state index in [1.54, 1.807) is 4.90 Å². The lowest BCUT2D eigenvalue weighted by Gasteiger charge is -2.31. The van der Waals surface area contributed by atoms with Crippen LogP contribution in [0.2, 0.25) is 0 Å². The van der Waals surface area contributed by atoms with E-state index in [1.807, 2.05) is 0 Å². The van der Waals surface area contributed by atoms with E-state index in [1.165, 1.54) is 6.07 Å². The standard InChI is InChI=1S/C13H14F2N4O/c14-11-2-1-9(5-12(11)15)18-13(20)8-19-4-3-17-7-10(19)6-16/h1-2,5,10,17H,3-4,7-8H2,(H,18,20). The largest absolute Gasteiger partial charge is 0.325 e. The summed E-state index contributed by atoms with van der Waals surface area (Å²) in [6.45, 7) is 1.84. The average molecular weight is 280 g/mol. The van der Waals surface area contributed by atoms with Gasteiger partial charge in [-0.3, -0.25) is 9.69 Å². The van der Waals surface area contributed by atoms with E-state index in [-0.39, 0.29) is 24.2 Å². The van der Waals surface area contributed by atoms with Gasteiger partial charge in [-0.2, -0.15) is 5.26 Å². The van der Waals surface area contributed by atoms with Gasteiger partial charge in [-0.05, 0) is 12.1 Å². The number of piperazine rings is 1. The number of nitrogens with one attached hydrogen (secondary N) is 2. The highest BCUT2D eigenvalue weighted by Gasteiger charge is 2.23. The number of carbonyl (C=O) groups excluding carboxylic acids is 1. The van der Waals surface area contributed by atoms with E-state index < -0.39 is 11.6 Å². The van der Waals surface area contributed by atoms with Crippen LogP contribution in [-0.4, -0.2) is 43.0 Å². The topological polar surface area (TPSA) is 68.2 Å². The maximum absolute atomic E-state index is 13.0. The van der Waals surface area contributed by atoms with Gasteiger partial charge in [0, 0.05) is 31.4 Å². The number of amides is 1. The highest BCUT2D eigenvalue weighted by molar-refractivity contribution is 5.92. The molecule has 1 aromatic carbocycles. The molecule has 2 rings (SSSR count). The maximum Gasteiger partial charge on any atom is 0.238 e. The Bertz CT molecular complexity index is 544. The second-order valence-corrected chi connectivity index (χ2v) is 4.50. The van der Waals surface area contributed by atoms with E-state index in [0.717, 1.165) is 12.1 Å². The number of hydrogen-bond acceptors (Lipinski definition) is 4. The minimum absolute atomic E-state index is 0.0406. The lowest BCUT2D eigenvalue weighted by atomic mass is 10.2. The Hall–Kier alpha value is -2.04. The van der Waals surface area contributed by atoms with E-state index in [2.05, 4.69) is 16.7 Å². The van der Waals surface area contributed by atoms with Gasteiger partial charge < -0.3 is 10.6 Å². The Morgan fingerprint density at radius 1 is 1.50 bits per heavy atom. The maximum atomic E-state index is 13.0. The van der Waals surface area contributed by atoms with Gasteiger partial charge in [0.25, 0.3) is 0 Å². The number of nitriles is 1. The summed E-state index contributed by atoms with van der Waals surface area (Å²) in [4.78, 5) is 13.6. The second kappa shape index (κ2) is 6.41. The van der Waals surface area contributed by atoms with Gasteiger partial charge in [0.15, 0.2) is 11.6 Å². The number of halogens is 2. The zero-order valence-electron chi connectivity index (χ0n) is 10.7. The molecule has 1 heterocycles. The number of benzene rings is 1. The molecule has 20 heavy (non-hydrogen) atoms. The zero-order chi connectivity index (χ0) is 14.5. The predicted octanol–water partition coefficient (Wildman–Crippen LogP) is 0.701. The summed E-state index contributed by atoms with van der Waals surface area (Å²) in [5, 5.41) is 14.5. The third-order valence-corrected chi connectivity index (χ3v) is 3.05. The summed E-state index contributed by atoms with van der Waals surface area (Å²) in [6, 6.07) is 4.92. The van der Waals surface area contributed by atoms with Crippen LogP contribution in [0.25, 0.3) is 0 Å². The summed E-state index contributed by atoms with van der Waals surface area (Å²) in [7, 11) is 0. The molecule has 0 aromatic heterocycles. The first-order valence-corrected chi connectivity index (χ1v) is 6.19. The van der Waals surface area contributed by atoms with Crippen LogP contribution in [-0.2, 0) is 4.79 Å². The summed E-state index contributed by atoms with van der Waals surface area (Å²) in [5.41, 5.74) is 0.192. The number of anilines is 1. The molecule has 7 heteroatoms. The molecule has 2 N–H and O–H groups in total. The van der Waals surface area contributed by atoms with Gasteiger partial charge in [0.1, 0.15) is 6.04 Å². The summed E-state index contributed by atoms with van der Waals surface area (Å²) >= 11 is 0. The lowest BCUT2D eigenvalue weighted by molar-refractivity contribution is -0.117. The van der Waals surface area contributed by atoms with Crippen molar-refractivity contribution in [2.24, 2.45) is 0 Å². The smallest absolute Gasteiger partial charge is 0.238 e. The van der Waals surface area contributed by atoms with Crippen molar-refractivity contribution in [2.45, 2.75) is 6.04 Å². The van der Waals surface area contributed by atoms with Crippen molar-refractivity contribution in [3.8, 4) is 6.07 Å². The van der Waals surface area contributed by atoms with Gasteiger partial charge in [0.2, 0.25) is 5.91 Å². The first kappa shape index (κ1) is 14.4. The van der Waals surface area contributed by atoms with Crippen molar-refractivity contribution in [1.29, 1.82) is 5.26 Å². The van der Waals surface area contributed by atoms with E-state index in [9.17, 15) is 13.6 Å². The van der Waals surface area contributed by atoms with E-state index in [0.29, 0.717) is 19.6 Å². The molecular formula is C13H14F2N4O. The van der Waals surface area contributed by atoms with Crippen LogP contribution >= 0.6 is 0 Å². The molecule has 1 aliphatic rings. The Morgan fingerprint density at radius 2 is 2.30 bits per heavy atom. The van der Waals surface area contributed by atoms with Gasteiger partial charge in [-0.15, -0.1) is 0 Å². The molecule has 5 nitrogen and oxygen atoms in total. The monoisotopic (exact) mass is 280 g/mol. The van der Waals surface area contributed by atoms with Crippen LogP contribution in [0.4, 0.5) is 14.5 Å². The Balaban J connectivity index is 1.94. The van der Waals surface area contributed by atoms with Crippen LogP contribution < -0.4 is 10.6 Å². The SMILES string of the molecule is N#CC1CNCCN1CC(=O)Nc1ccc(F)c(F)c1. The molecule has 0 spiro atoms. The van der Waals surface area contributed by atoms with Crippen molar-refractivity contribution in [1.82, 2.24) is 10.2 Å². The molecule has 0 radical (unpaired) electrons. The molecule has 1 aliphatic heterocycles. The van der Waals surface area contributed by atoms with Crippen molar-refractivity contribution in [3.05, 3.63) is 29.8 Å². The summed E-state index contributed by atoms with van der Waals surface area (Å²) in [5.74, 6) is -2.34. The molecule has 1 aromatic rings. The molecular weight excluding hydrogens is 266 g/mol. The van der Waals surface area contributed by atoms with Gasteiger partial charge in [-0.1, -0.05) is 0 Å². The minimum atomic E-state index is -1.01. The van der Waals surface area contributed by atoms with Crippen LogP contribution in [0, 0.1) is 23.0 Å². The van der Waals surface area contributed by atoms with Crippen molar-refractivity contribution in [3.63, 3.8) is 0 Å². The quantitative estimate of drug-likeness (QED) is 0.855. The molecule has 0 bridgehead atoms. The Morgan fingerprint density at radius 3 is 3.00 bits per heavy atom. The molecule has 1 amide bonds. The third kappa shape index (κ3) is 3.50. The van der Waals surface area contributed by atoms with Crippen molar-refractivity contribution < 1.29 is 13.6 Å².